The van der Waals surface area contributed by atoms with Gasteiger partial charge in [-0.2, -0.15) is 0 Å². The molecular formula is C22H18N2. The van der Waals surface area contributed by atoms with Gasteiger partial charge in [0.15, 0.2) is 0 Å². The summed E-state index contributed by atoms with van der Waals surface area (Å²) in [5.41, 5.74) is 5.66. The smallest absolute Gasteiger partial charge is 0.0877 e. The molecule has 0 spiro atoms. The van der Waals surface area contributed by atoms with Gasteiger partial charge >= 0.3 is 0 Å². The van der Waals surface area contributed by atoms with Crippen LogP contribution in [0.2, 0.25) is 0 Å². The maximum atomic E-state index is 4.83. The first-order chi connectivity index (χ1) is 11.8. The zero-order chi connectivity index (χ0) is 16.4. The topological polar surface area (TPSA) is 28.1 Å². The van der Waals surface area contributed by atoms with Gasteiger partial charge in [-0.15, -0.1) is 0 Å². The number of H-pyrrole nitrogens is 1. The van der Waals surface area contributed by atoms with Crippen molar-refractivity contribution < 1.29 is 0 Å². The van der Waals surface area contributed by atoms with Gasteiger partial charge in [-0.25, -0.2) is 4.99 Å². The van der Waals surface area contributed by atoms with Gasteiger partial charge < -0.3 is 4.98 Å². The number of aromatic amines is 1. The molecule has 0 saturated carbocycles. The monoisotopic (exact) mass is 310 g/mol. The molecule has 1 heterocycles. The fraction of sp³-hybridized carbons (Fsp3) is 0.0455. The number of hydrogen-bond donors (Lipinski definition) is 1. The normalized spacial score (nSPS) is 11.8. The summed E-state index contributed by atoms with van der Waals surface area (Å²) in [5, 5.41) is 2.12. The van der Waals surface area contributed by atoms with E-state index in [-0.39, 0.29) is 0 Å². The van der Waals surface area contributed by atoms with Crippen molar-refractivity contribution in [2.45, 2.75) is 6.92 Å². The molecule has 1 aromatic heterocycles. The average Bonchev–Trinajstić information content (AvgIpc) is 2.94. The van der Waals surface area contributed by atoms with Crippen LogP contribution in [-0.4, -0.2) is 4.98 Å². The van der Waals surface area contributed by atoms with E-state index in [9.17, 15) is 0 Å². The summed E-state index contributed by atoms with van der Waals surface area (Å²) in [6.07, 6.45) is 2.06. The molecule has 0 atom stereocenters. The van der Waals surface area contributed by atoms with E-state index in [1.165, 1.54) is 22.1 Å². The molecule has 1 N–H and O–H groups in total. The van der Waals surface area contributed by atoms with E-state index >= 15 is 0 Å². The minimum atomic E-state index is 0.945. The van der Waals surface area contributed by atoms with E-state index in [4.69, 9.17) is 4.99 Å². The summed E-state index contributed by atoms with van der Waals surface area (Å²) >= 11 is 0. The van der Waals surface area contributed by atoms with Crippen molar-refractivity contribution in [2.24, 2.45) is 4.99 Å². The Morgan fingerprint density at radius 1 is 0.750 bits per heavy atom. The molecule has 0 aliphatic rings. The summed E-state index contributed by atoms with van der Waals surface area (Å²) in [6, 6.07) is 27.0. The van der Waals surface area contributed by atoms with Crippen molar-refractivity contribution in [3.63, 3.8) is 0 Å². The quantitative estimate of drug-likeness (QED) is 0.515. The number of aromatic nitrogens is 1. The van der Waals surface area contributed by atoms with Crippen LogP contribution in [0.1, 0.15) is 5.56 Å². The first-order valence-corrected chi connectivity index (χ1v) is 8.08. The summed E-state index contributed by atoms with van der Waals surface area (Å²) < 4.78 is 0. The Morgan fingerprint density at radius 2 is 1.46 bits per heavy atom. The van der Waals surface area contributed by atoms with Crippen LogP contribution in [0.5, 0.6) is 0 Å². The molecule has 2 heteroatoms. The Balaban J connectivity index is 1.95. The second-order valence-electron chi connectivity index (χ2n) is 5.91. The summed E-state index contributed by atoms with van der Waals surface area (Å²) in [7, 11) is 0. The highest BCUT2D eigenvalue weighted by atomic mass is 14.8. The standard InChI is InChI=1S/C22H18N2/c1-16-11-13-18(14-12-16)24-21-10-6-5-9-19-20(15-23-22(19)21)17-7-3-2-4-8-17/h2-15,23H,1H3. The van der Waals surface area contributed by atoms with Crippen LogP contribution < -0.4 is 5.36 Å². The van der Waals surface area contributed by atoms with Gasteiger partial charge in [0.05, 0.1) is 16.6 Å². The number of benzene rings is 2. The molecule has 4 aromatic rings. The lowest BCUT2D eigenvalue weighted by molar-refractivity contribution is 1.33. The van der Waals surface area contributed by atoms with Crippen LogP contribution in [-0.2, 0) is 0 Å². The third kappa shape index (κ3) is 2.74. The molecule has 0 amide bonds. The van der Waals surface area contributed by atoms with Gasteiger partial charge in [0.1, 0.15) is 0 Å². The van der Waals surface area contributed by atoms with E-state index in [0.29, 0.717) is 0 Å². The van der Waals surface area contributed by atoms with Gasteiger partial charge in [0.2, 0.25) is 0 Å². The molecule has 2 nitrogen and oxygen atoms in total. The highest BCUT2D eigenvalue weighted by Gasteiger charge is 2.06. The molecule has 0 bridgehead atoms. The fourth-order valence-electron chi connectivity index (χ4n) is 2.91. The molecule has 116 valence electrons. The van der Waals surface area contributed by atoms with Crippen LogP contribution >= 0.6 is 0 Å². The van der Waals surface area contributed by atoms with Gasteiger partial charge in [0, 0.05) is 17.1 Å². The van der Waals surface area contributed by atoms with Gasteiger partial charge in [-0.05, 0) is 30.7 Å². The first-order valence-electron chi connectivity index (χ1n) is 8.08. The minimum absolute atomic E-state index is 0.945. The summed E-state index contributed by atoms with van der Waals surface area (Å²) in [5.74, 6) is 0. The SMILES string of the molecule is Cc1ccc(N=c2ccccc3c(-c4ccccc4)c[nH]c23)cc1. The second-order valence-corrected chi connectivity index (χ2v) is 5.91. The van der Waals surface area contributed by atoms with Crippen LogP contribution in [0.4, 0.5) is 5.69 Å². The summed E-state index contributed by atoms with van der Waals surface area (Å²) in [6.45, 7) is 2.08. The number of nitrogens with zero attached hydrogens (tertiary/aromatic N) is 1. The molecular weight excluding hydrogens is 292 g/mol. The number of aryl methyl sites for hydroxylation is 1. The van der Waals surface area contributed by atoms with E-state index in [2.05, 4.69) is 78.8 Å². The van der Waals surface area contributed by atoms with Crippen LogP contribution in [0, 0.1) is 6.92 Å². The van der Waals surface area contributed by atoms with Crippen molar-refractivity contribution in [2.75, 3.05) is 0 Å². The molecule has 0 aliphatic heterocycles. The lowest BCUT2D eigenvalue weighted by Crippen LogP contribution is -1.98. The first kappa shape index (κ1) is 14.5. The molecule has 3 aromatic carbocycles. The molecule has 0 aliphatic carbocycles. The zero-order valence-corrected chi connectivity index (χ0v) is 13.5. The molecule has 0 radical (unpaired) electrons. The van der Waals surface area contributed by atoms with Gasteiger partial charge in [-0.3, -0.25) is 0 Å². The number of hydrogen-bond acceptors (Lipinski definition) is 1. The predicted octanol–water partition coefficient (Wildman–Crippen LogP) is 5.38. The second kappa shape index (κ2) is 6.17. The van der Waals surface area contributed by atoms with Crippen molar-refractivity contribution in [3.8, 4) is 11.1 Å². The Bertz CT molecular complexity index is 1040. The van der Waals surface area contributed by atoms with Crippen molar-refractivity contribution >= 4 is 16.6 Å². The van der Waals surface area contributed by atoms with Crippen molar-refractivity contribution in [1.82, 2.24) is 4.98 Å². The number of fused-ring (bicyclic) bond motifs is 1. The number of nitrogens with one attached hydrogen (secondary N) is 1. The maximum Gasteiger partial charge on any atom is 0.0877 e. The third-order valence-electron chi connectivity index (χ3n) is 4.17. The van der Waals surface area contributed by atoms with Crippen molar-refractivity contribution in [1.29, 1.82) is 0 Å². The van der Waals surface area contributed by atoms with Crippen molar-refractivity contribution in [3.05, 3.63) is 96.0 Å². The van der Waals surface area contributed by atoms with Crippen LogP contribution in [0.3, 0.4) is 0 Å². The Morgan fingerprint density at radius 3 is 2.25 bits per heavy atom. The maximum absolute atomic E-state index is 4.83. The lowest BCUT2D eigenvalue weighted by Gasteiger charge is -1.97. The highest BCUT2D eigenvalue weighted by molar-refractivity contribution is 5.94. The summed E-state index contributed by atoms with van der Waals surface area (Å²) in [4.78, 5) is 8.24. The van der Waals surface area contributed by atoms with Gasteiger partial charge in [-0.1, -0.05) is 66.2 Å². The molecule has 0 fully saturated rings. The van der Waals surface area contributed by atoms with E-state index in [0.717, 1.165) is 16.6 Å². The Hall–Kier alpha value is -3.13. The molecule has 0 saturated heterocycles. The Labute approximate surface area is 141 Å². The zero-order valence-electron chi connectivity index (χ0n) is 13.5. The fourth-order valence-corrected chi connectivity index (χ4v) is 2.91. The lowest BCUT2D eigenvalue weighted by atomic mass is 10.1. The van der Waals surface area contributed by atoms with Gasteiger partial charge in [0.25, 0.3) is 0 Å². The Kier molecular flexibility index (Phi) is 3.72. The molecule has 4 rings (SSSR count). The van der Waals surface area contributed by atoms with E-state index in [1.807, 2.05) is 18.2 Å². The number of rotatable bonds is 2. The highest BCUT2D eigenvalue weighted by Crippen LogP contribution is 2.26. The predicted molar refractivity (Wildman–Crippen MR) is 100 cm³/mol. The molecule has 0 unspecified atom stereocenters. The average molecular weight is 310 g/mol. The van der Waals surface area contributed by atoms with E-state index in [1.54, 1.807) is 0 Å². The molecule has 24 heavy (non-hydrogen) atoms. The third-order valence-corrected chi connectivity index (χ3v) is 4.17. The van der Waals surface area contributed by atoms with Crippen LogP contribution in [0.25, 0.3) is 22.0 Å². The minimum Gasteiger partial charge on any atom is -0.359 e. The van der Waals surface area contributed by atoms with Crippen LogP contribution in [0.15, 0.2) is 90.1 Å². The largest absolute Gasteiger partial charge is 0.359 e. The van der Waals surface area contributed by atoms with E-state index < -0.39 is 0 Å².